The van der Waals surface area contributed by atoms with Crippen LogP contribution in [0.25, 0.3) is 0 Å². The molecular formula is C7H12O2. The SMILES string of the molecule is C[C@@]1(O)CC=C[C@@H](O)C1. The lowest BCUT2D eigenvalue weighted by atomic mass is 9.90. The topological polar surface area (TPSA) is 40.5 Å². The number of hydrogen-bond acceptors (Lipinski definition) is 2. The second-order valence-corrected chi connectivity index (χ2v) is 2.90. The van der Waals surface area contributed by atoms with Crippen LogP contribution in [0.5, 0.6) is 0 Å². The van der Waals surface area contributed by atoms with E-state index in [1.54, 1.807) is 13.0 Å². The molecule has 0 aromatic heterocycles. The fraction of sp³-hybridized carbons (Fsp3) is 0.714. The Hall–Kier alpha value is -0.340. The van der Waals surface area contributed by atoms with E-state index in [-0.39, 0.29) is 0 Å². The third-order valence-corrected chi connectivity index (χ3v) is 1.56. The summed E-state index contributed by atoms with van der Waals surface area (Å²) in [5, 5.41) is 18.3. The molecule has 1 rings (SSSR count). The molecule has 0 radical (unpaired) electrons. The fourth-order valence-corrected chi connectivity index (χ4v) is 1.08. The monoisotopic (exact) mass is 128 g/mol. The number of hydrogen-bond donors (Lipinski definition) is 2. The first-order chi connectivity index (χ1) is 4.10. The third kappa shape index (κ3) is 1.80. The fourth-order valence-electron chi connectivity index (χ4n) is 1.08. The van der Waals surface area contributed by atoms with E-state index in [1.165, 1.54) is 0 Å². The van der Waals surface area contributed by atoms with Crippen LogP contribution >= 0.6 is 0 Å². The quantitative estimate of drug-likeness (QED) is 0.465. The van der Waals surface area contributed by atoms with Crippen LogP contribution in [0.2, 0.25) is 0 Å². The van der Waals surface area contributed by atoms with Crippen LogP contribution in [0.15, 0.2) is 12.2 Å². The molecule has 0 saturated carbocycles. The number of aliphatic hydroxyl groups excluding tert-OH is 1. The van der Waals surface area contributed by atoms with Crippen LogP contribution in [0, 0.1) is 0 Å². The highest BCUT2D eigenvalue weighted by Gasteiger charge is 2.24. The van der Waals surface area contributed by atoms with E-state index < -0.39 is 11.7 Å². The van der Waals surface area contributed by atoms with Crippen molar-refractivity contribution >= 4 is 0 Å². The summed E-state index contributed by atoms with van der Waals surface area (Å²) in [5.41, 5.74) is -0.686. The summed E-state index contributed by atoms with van der Waals surface area (Å²) in [6.45, 7) is 1.74. The largest absolute Gasteiger partial charge is 0.390 e. The molecule has 0 heterocycles. The van der Waals surface area contributed by atoms with Gasteiger partial charge in [0.25, 0.3) is 0 Å². The van der Waals surface area contributed by atoms with E-state index >= 15 is 0 Å². The molecule has 0 unspecified atom stereocenters. The Bertz CT molecular complexity index is 127. The van der Waals surface area contributed by atoms with Crippen molar-refractivity contribution in [3.63, 3.8) is 0 Å². The minimum absolute atomic E-state index is 0.450. The number of rotatable bonds is 0. The van der Waals surface area contributed by atoms with Gasteiger partial charge in [-0.05, 0) is 13.3 Å². The minimum atomic E-state index is -0.686. The van der Waals surface area contributed by atoms with Crippen molar-refractivity contribution in [1.29, 1.82) is 0 Å². The first-order valence-corrected chi connectivity index (χ1v) is 3.17. The van der Waals surface area contributed by atoms with Crippen molar-refractivity contribution < 1.29 is 10.2 Å². The second kappa shape index (κ2) is 2.12. The van der Waals surface area contributed by atoms with Gasteiger partial charge in [0.2, 0.25) is 0 Å². The first-order valence-electron chi connectivity index (χ1n) is 3.17. The minimum Gasteiger partial charge on any atom is -0.390 e. The highest BCUT2D eigenvalue weighted by Crippen LogP contribution is 2.22. The molecule has 0 aromatic rings. The van der Waals surface area contributed by atoms with Crippen LogP contribution in [-0.4, -0.2) is 21.9 Å². The van der Waals surface area contributed by atoms with Gasteiger partial charge < -0.3 is 10.2 Å². The molecule has 1 aliphatic rings. The summed E-state index contributed by atoms with van der Waals surface area (Å²) in [6.07, 6.45) is 4.20. The van der Waals surface area contributed by atoms with Crippen molar-refractivity contribution in [2.75, 3.05) is 0 Å². The summed E-state index contributed by atoms with van der Waals surface area (Å²) >= 11 is 0. The molecule has 0 spiro atoms. The van der Waals surface area contributed by atoms with E-state index in [9.17, 15) is 5.11 Å². The van der Waals surface area contributed by atoms with Crippen LogP contribution in [0.1, 0.15) is 19.8 Å². The molecular weight excluding hydrogens is 116 g/mol. The first kappa shape index (κ1) is 6.78. The van der Waals surface area contributed by atoms with Crippen LogP contribution < -0.4 is 0 Å². The Morgan fingerprint density at radius 3 is 2.67 bits per heavy atom. The van der Waals surface area contributed by atoms with Crippen LogP contribution in [-0.2, 0) is 0 Å². The molecule has 0 saturated heterocycles. The lowest BCUT2D eigenvalue weighted by Crippen LogP contribution is -2.31. The molecule has 0 aromatic carbocycles. The van der Waals surface area contributed by atoms with Gasteiger partial charge >= 0.3 is 0 Å². The normalized spacial score (nSPS) is 43.2. The van der Waals surface area contributed by atoms with E-state index in [0.717, 1.165) is 0 Å². The molecule has 1 aliphatic carbocycles. The Balaban J connectivity index is 2.58. The zero-order valence-corrected chi connectivity index (χ0v) is 5.54. The Morgan fingerprint density at radius 2 is 2.33 bits per heavy atom. The molecule has 52 valence electrons. The van der Waals surface area contributed by atoms with Crippen molar-refractivity contribution in [2.45, 2.75) is 31.5 Å². The van der Waals surface area contributed by atoms with Crippen LogP contribution in [0.4, 0.5) is 0 Å². The van der Waals surface area contributed by atoms with E-state index in [1.807, 2.05) is 6.08 Å². The average Bonchev–Trinajstić information content (AvgIpc) is 1.60. The highest BCUT2D eigenvalue weighted by atomic mass is 16.3. The standard InChI is InChI=1S/C7H12O2/c1-7(9)4-2-3-6(8)5-7/h2-3,6,8-9H,4-5H2,1H3/t6-,7-/m1/s1. The van der Waals surface area contributed by atoms with Crippen molar-refractivity contribution in [3.8, 4) is 0 Å². The lowest BCUT2D eigenvalue weighted by molar-refractivity contribution is 0.0123. The highest BCUT2D eigenvalue weighted by molar-refractivity contribution is 5.01. The van der Waals surface area contributed by atoms with E-state index in [4.69, 9.17) is 5.11 Å². The average molecular weight is 128 g/mol. The van der Waals surface area contributed by atoms with Gasteiger partial charge in [-0.25, -0.2) is 0 Å². The lowest BCUT2D eigenvalue weighted by Gasteiger charge is -2.26. The molecule has 0 amide bonds. The summed E-state index contributed by atoms with van der Waals surface area (Å²) in [7, 11) is 0. The number of aliphatic hydroxyl groups is 2. The van der Waals surface area contributed by atoms with Gasteiger partial charge in [-0.2, -0.15) is 0 Å². The maximum absolute atomic E-state index is 9.33. The second-order valence-electron chi connectivity index (χ2n) is 2.90. The van der Waals surface area contributed by atoms with E-state index in [0.29, 0.717) is 12.8 Å². The predicted octanol–water partition coefficient (Wildman–Crippen LogP) is 0.448. The van der Waals surface area contributed by atoms with Crippen molar-refractivity contribution in [1.82, 2.24) is 0 Å². The smallest absolute Gasteiger partial charge is 0.0748 e. The predicted molar refractivity (Wildman–Crippen MR) is 35.0 cm³/mol. The van der Waals surface area contributed by atoms with Gasteiger partial charge in [-0.15, -0.1) is 0 Å². The van der Waals surface area contributed by atoms with Gasteiger partial charge in [-0.1, -0.05) is 12.2 Å². The van der Waals surface area contributed by atoms with Crippen molar-refractivity contribution in [3.05, 3.63) is 12.2 Å². The molecule has 0 bridgehead atoms. The molecule has 2 atom stereocenters. The van der Waals surface area contributed by atoms with Gasteiger partial charge in [0.05, 0.1) is 11.7 Å². The third-order valence-electron chi connectivity index (χ3n) is 1.56. The zero-order valence-electron chi connectivity index (χ0n) is 5.54. The van der Waals surface area contributed by atoms with Gasteiger partial charge in [0, 0.05) is 6.42 Å². The maximum atomic E-state index is 9.33. The molecule has 0 fully saturated rings. The maximum Gasteiger partial charge on any atom is 0.0748 e. The van der Waals surface area contributed by atoms with Crippen molar-refractivity contribution in [2.24, 2.45) is 0 Å². The Kier molecular flexibility index (Phi) is 1.60. The zero-order chi connectivity index (χ0) is 6.91. The Labute approximate surface area is 54.8 Å². The molecule has 0 aliphatic heterocycles. The van der Waals surface area contributed by atoms with E-state index in [2.05, 4.69) is 0 Å². The summed E-state index contributed by atoms with van der Waals surface area (Å²) in [5.74, 6) is 0. The molecule has 2 nitrogen and oxygen atoms in total. The Morgan fingerprint density at radius 1 is 1.67 bits per heavy atom. The van der Waals surface area contributed by atoms with Gasteiger partial charge in [0.1, 0.15) is 0 Å². The van der Waals surface area contributed by atoms with Gasteiger partial charge in [0.15, 0.2) is 0 Å². The summed E-state index contributed by atoms with van der Waals surface area (Å²) in [6, 6.07) is 0. The molecule has 9 heavy (non-hydrogen) atoms. The summed E-state index contributed by atoms with van der Waals surface area (Å²) < 4.78 is 0. The van der Waals surface area contributed by atoms with Gasteiger partial charge in [-0.3, -0.25) is 0 Å². The molecule has 2 N–H and O–H groups in total. The summed E-state index contributed by atoms with van der Waals surface area (Å²) in [4.78, 5) is 0. The molecule has 2 heteroatoms. The van der Waals surface area contributed by atoms with Crippen LogP contribution in [0.3, 0.4) is 0 Å².